The summed E-state index contributed by atoms with van der Waals surface area (Å²) < 4.78 is 18.7. The van der Waals surface area contributed by atoms with E-state index in [0.717, 1.165) is 62.2 Å². The fourth-order valence-electron chi connectivity index (χ4n) is 3.56. The first-order chi connectivity index (χ1) is 11.7. The summed E-state index contributed by atoms with van der Waals surface area (Å²) in [5, 5.41) is 4.03. The molecule has 1 saturated heterocycles. The molecule has 0 bridgehead atoms. The van der Waals surface area contributed by atoms with Gasteiger partial charge < -0.3 is 15.0 Å². The van der Waals surface area contributed by atoms with Gasteiger partial charge in [-0.1, -0.05) is 0 Å². The van der Waals surface area contributed by atoms with Crippen molar-refractivity contribution < 1.29 is 13.9 Å². The number of carbonyl (C=O) groups is 1. The molecule has 5 nitrogen and oxygen atoms in total. The summed E-state index contributed by atoms with van der Waals surface area (Å²) in [7, 11) is 0. The average molecular weight is 331 g/mol. The number of aromatic amines is 1. The van der Waals surface area contributed by atoms with Gasteiger partial charge in [0.15, 0.2) is 0 Å². The molecule has 2 N–H and O–H groups in total. The van der Waals surface area contributed by atoms with Gasteiger partial charge in [0.2, 0.25) is 5.91 Å². The molecule has 2 heterocycles. The number of hydrogen-bond acceptors (Lipinski definition) is 3. The van der Waals surface area contributed by atoms with Gasteiger partial charge in [-0.2, -0.15) is 0 Å². The lowest BCUT2D eigenvalue weighted by atomic mass is 9.94. The Morgan fingerprint density at radius 2 is 2.12 bits per heavy atom. The topological polar surface area (TPSA) is 57.4 Å². The molecular formula is C18H22FN3O2. The van der Waals surface area contributed by atoms with Gasteiger partial charge in [0.25, 0.3) is 0 Å². The van der Waals surface area contributed by atoms with Crippen molar-refractivity contribution in [2.24, 2.45) is 0 Å². The van der Waals surface area contributed by atoms with E-state index in [-0.39, 0.29) is 11.7 Å². The third-order valence-corrected chi connectivity index (χ3v) is 5.16. The van der Waals surface area contributed by atoms with Gasteiger partial charge in [-0.15, -0.1) is 0 Å². The lowest BCUT2D eigenvalue weighted by Crippen LogP contribution is -2.43. The minimum Gasteiger partial charge on any atom is -0.379 e. The van der Waals surface area contributed by atoms with Crippen LogP contribution < -0.4 is 5.32 Å². The highest BCUT2D eigenvalue weighted by Crippen LogP contribution is 2.50. The minimum absolute atomic E-state index is 0.0842. The number of nitrogens with one attached hydrogen (secondary N) is 2. The maximum atomic E-state index is 13.3. The largest absolute Gasteiger partial charge is 0.379 e. The van der Waals surface area contributed by atoms with E-state index >= 15 is 0 Å². The van der Waals surface area contributed by atoms with Crippen LogP contribution in [0.5, 0.6) is 0 Å². The molecule has 1 aromatic heterocycles. The zero-order valence-corrected chi connectivity index (χ0v) is 13.6. The van der Waals surface area contributed by atoms with Crippen molar-refractivity contribution in [1.29, 1.82) is 0 Å². The normalized spacial score (nSPS) is 20.2. The van der Waals surface area contributed by atoms with Crippen LogP contribution in [0.4, 0.5) is 4.39 Å². The molecule has 2 aliphatic rings. The Morgan fingerprint density at radius 1 is 1.33 bits per heavy atom. The van der Waals surface area contributed by atoms with Crippen molar-refractivity contribution in [3.8, 4) is 0 Å². The molecule has 1 aromatic carbocycles. The van der Waals surface area contributed by atoms with E-state index in [4.69, 9.17) is 4.74 Å². The molecule has 128 valence electrons. The highest BCUT2D eigenvalue weighted by molar-refractivity contribution is 5.97. The van der Waals surface area contributed by atoms with Crippen LogP contribution in [0.2, 0.25) is 0 Å². The summed E-state index contributed by atoms with van der Waals surface area (Å²) in [5.41, 5.74) is 1.29. The maximum absolute atomic E-state index is 13.3. The molecule has 0 spiro atoms. The lowest BCUT2D eigenvalue weighted by Gasteiger charge is -2.26. The third-order valence-electron chi connectivity index (χ3n) is 5.16. The van der Waals surface area contributed by atoms with Crippen LogP contribution in [-0.4, -0.2) is 55.2 Å². The molecular weight excluding hydrogens is 309 g/mol. The first-order valence-corrected chi connectivity index (χ1v) is 8.55. The number of H-pyrrole nitrogens is 1. The van der Waals surface area contributed by atoms with Crippen molar-refractivity contribution in [2.45, 2.75) is 18.3 Å². The van der Waals surface area contributed by atoms with Crippen LogP contribution in [0, 0.1) is 5.82 Å². The average Bonchev–Trinajstić information content (AvgIpc) is 3.30. The van der Waals surface area contributed by atoms with E-state index in [1.807, 2.05) is 6.20 Å². The number of hydrogen-bond donors (Lipinski definition) is 2. The Morgan fingerprint density at radius 3 is 2.88 bits per heavy atom. The molecule has 2 fully saturated rings. The summed E-state index contributed by atoms with van der Waals surface area (Å²) in [6, 6.07) is 4.69. The number of ether oxygens (including phenoxy) is 1. The number of amides is 1. The van der Waals surface area contributed by atoms with Crippen molar-refractivity contribution >= 4 is 16.8 Å². The number of halogens is 1. The molecule has 1 saturated carbocycles. The van der Waals surface area contributed by atoms with E-state index in [0.29, 0.717) is 6.54 Å². The van der Waals surface area contributed by atoms with Gasteiger partial charge in [-0.05, 0) is 36.6 Å². The second kappa shape index (κ2) is 6.18. The van der Waals surface area contributed by atoms with Crippen LogP contribution in [0.15, 0.2) is 24.4 Å². The molecule has 0 unspecified atom stereocenters. The molecule has 4 rings (SSSR count). The zero-order chi connectivity index (χ0) is 16.6. The zero-order valence-electron chi connectivity index (χ0n) is 13.6. The molecule has 1 aliphatic heterocycles. The van der Waals surface area contributed by atoms with Crippen molar-refractivity contribution in [1.82, 2.24) is 15.2 Å². The van der Waals surface area contributed by atoms with Gasteiger partial charge >= 0.3 is 0 Å². The fourth-order valence-corrected chi connectivity index (χ4v) is 3.56. The minimum atomic E-state index is -0.443. The van der Waals surface area contributed by atoms with Crippen molar-refractivity contribution in [3.63, 3.8) is 0 Å². The van der Waals surface area contributed by atoms with Crippen molar-refractivity contribution in [2.75, 3.05) is 39.4 Å². The molecule has 1 aliphatic carbocycles. The third kappa shape index (κ3) is 2.80. The Labute approximate surface area is 140 Å². The number of aromatic nitrogens is 1. The van der Waals surface area contributed by atoms with E-state index < -0.39 is 5.41 Å². The number of morpholine rings is 1. The quantitative estimate of drug-likeness (QED) is 0.878. The first kappa shape index (κ1) is 15.6. The van der Waals surface area contributed by atoms with Gasteiger partial charge in [-0.3, -0.25) is 9.69 Å². The summed E-state index contributed by atoms with van der Waals surface area (Å²) in [6.45, 7) is 4.89. The monoisotopic (exact) mass is 331 g/mol. The van der Waals surface area contributed by atoms with Gasteiger partial charge in [0, 0.05) is 43.3 Å². The number of rotatable bonds is 5. The predicted molar refractivity (Wildman–Crippen MR) is 89.4 cm³/mol. The number of nitrogens with zero attached hydrogens (tertiary/aromatic N) is 1. The second-order valence-electron chi connectivity index (χ2n) is 6.68. The second-order valence-corrected chi connectivity index (χ2v) is 6.68. The smallest absolute Gasteiger partial charge is 0.230 e. The Balaban J connectivity index is 1.43. The number of carbonyl (C=O) groups excluding carboxylic acids is 1. The van der Waals surface area contributed by atoms with E-state index in [9.17, 15) is 9.18 Å². The molecule has 0 atom stereocenters. The van der Waals surface area contributed by atoms with E-state index in [1.165, 1.54) is 12.1 Å². The van der Waals surface area contributed by atoms with Crippen LogP contribution in [0.1, 0.15) is 18.4 Å². The molecule has 6 heteroatoms. The van der Waals surface area contributed by atoms with Crippen molar-refractivity contribution in [3.05, 3.63) is 35.8 Å². The Bertz CT molecular complexity index is 748. The first-order valence-electron chi connectivity index (χ1n) is 8.55. The summed E-state index contributed by atoms with van der Waals surface area (Å²) in [5.74, 6) is -0.184. The Kier molecular flexibility index (Phi) is 4.02. The van der Waals surface area contributed by atoms with E-state index in [2.05, 4.69) is 15.2 Å². The molecule has 0 radical (unpaired) electrons. The molecule has 24 heavy (non-hydrogen) atoms. The van der Waals surface area contributed by atoms with Crippen LogP contribution in [-0.2, 0) is 14.9 Å². The molecule has 2 aromatic rings. The lowest BCUT2D eigenvalue weighted by molar-refractivity contribution is -0.123. The summed E-state index contributed by atoms with van der Waals surface area (Å²) >= 11 is 0. The fraction of sp³-hybridized carbons (Fsp3) is 0.500. The van der Waals surface area contributed by atoms with Crippen LogP contribution in [0.25, 0.3) is 10.9 Å². The summed E-state index contributed by atoms with van der Waals surface area (Å²) in [4.78, 5) is 18.1. The van der Waals surface area contributed by atoms with Crippen LogP contribution in [0.3, 0.4) is 0 Å². The number of fused-ring (bicyclic) bond motifs is 1. The summed E-state index contributed by atoms with van der Waals surface area (Å²) in [6.07, 6.45) is 3.56. The predicted octanol–water partition coefficient (Wildman–Crippen LogP) is 1.79. The maximum Gasteiger partial charge on any atom is 0.230 e. The Hall–Kier alpha value is -1.92. The van der Waals surface area contributed by atoms with Gasteiger partial charge in [0.1, 0.15) is 5.82 Å². The highest BCUT2D eigenvalue weighted by Gasteiger charge is 2.52. The van der Waals surface area contributed by atoms with Gasteiger partial charge in [0.05, 0.1) is 18.6 Å². The highest BCUT2D eigenvalue weighted by atomic mass is 19.1. The SMILES string of the molecule is O=C(NCCN1CCOCC1)C1(c2c[nH]c3cc(F)ccc23)CC1. The standard InChI is InChI=1S/C18H22FN3O2/c19-13-1-2-14-15(12-21-16(14)11-13)18(3-4-18)17(23)20-5-6-22-7-9-24-10-8-22/h1-2,11-12,21H,3-10H2,(H,20,23). The van der Waals surface area contributed by atoms with Gasteiger partial charge in [-0.25, -0.2) is 4.39 Å². The van der Waals surface area contributed by atoms with E-state index in [1.54, 1.807) is 6.07 Å². The number of benzene rings is 1. The molecule has 1 amide bonds. The van der Waals surface area contributed by atoms with Crippen LogP contribution >= 0.6 is 0 Å².